The number of pyridine rings is 1. The van der Waals surface area contributed by atoms with Crippen LogP contribution >= 0.6 is 11.3 Å². The molecule has 0 spiro atoms. The van der Waals surface area contributed by atoms with Gasteiger partial charge in [-0.25, -0.2) is 19.4 Å². The normalized spacial score (nSPS) is 13.2. The first-order chi connectivity index (χ1) is 11.6. The predicted octanol–water partition coefficient (Wildman–Crippen LogP) is 3.17. The molecule has 3 aromatic rings. The molecule has 0 aliphatic heterocycles. The van der Waals surface area contributed by atoms with Gasteiger partial charge in [0.1, 0.15) is 5.01 Å². The van der Waals surface area contributed by atoms with Gasteiger partial charge in [0, 0.05) is 17.8 Å². The van der Waals surface area contributed by atoms with Gasteiger partial charge in [-0.2, -0.15) is 5.10 Å². The van der Waals surface area contributed by atoms with Crippen molar-refractivity contribution in [2.45, 2.75) is 25.8 Å². The van der Waals surface area contributed by atoms with E-state index in [0.717, 1.165) is 11.4 Å². The van der Waals surface area contributed by atoms with Gasteiger partial charge in [-0.05, 0) is 25.5 Å². The molecule has 0 aliphatic carbocycles. The first kappa shape index (κ1) is 16.1. The molecule has 0 saturated heterocycles. The Morgan fingerprint density at radius 1 is 1.33 bits per heavy atom. The maximum atomic E-state index is 12.3. The van der Waals surface area contributed by atoms with Gasteiger partial charge in [-0.1, -0.05) is 13.0 Å². The highest BCUT2D eigenvalue weighted by Gasteiger charge is 2.29. The second-order valence-corrected chi connectivity index (χ2v) is 6.36. The second-order valence-electron chi connectivity index (χ2n) is 5.46. The summed E-state index contributed by atoms with van der Waals surface area (Å²) in [5.74, 6) is 0.687. The van der Waals surface area contributed by atoms with E-state index in [1.54, 1.807) is 29.5 Å². The number of nitrogens with zero attached hydrogens (tertiary/aromatic N) is 4. The average molecular weight is 342 g/mol. The Balaban J connectivity index is 1.68. The second kappa shape index (κ2) is 6.79. The van der Waals surface area contributed by atoms with Crippen molar-refractivity contribution in [3.05, 3.63) is 53.4 Å². The largest absolute Gasteiger partial charge is 0.326 e. The smallest absolute Gasteiger partial charge is 0.320 e. The summed E-state index contributed by atoms with van der Waals surface area (Å²) >= 11 is 1.53. The minimum atomic E-state index is -0.505. The summed E-state index contributed by atoms with van der Waals surface area (Å²) in [6, 6.07) is 5.26. The first-order valence-corrected chi connectivity index (χ1v) is 8.44. The van der Waals surface area contributed by atoms with E-state index in [2.05, 4.69) is 25.7 Å². The predicted molar refractivity (Wildman–Crippen MR) is 93.3 cm³/mol. The third-order valence-corrected chi connectivity index (χ3v) is 4.76. The molecule has 2 amide bonds. The molecule has 0 aromatic carbocycles. The number of hydrogen-bond acceptors (Lipinski definition) is 5. The third-order valence-electron chi connectivity index (χ3n) is 3.73. The number of aromatic nitrogens is 4. The van der Waals surface area contributed by atoms with Gasteiger partial charge in [0.2, 0.25) is 0 Å². The highest BCUT2D eigenvalue weighted by atomic mass is 32.1. The first-order valence-electron chi connectivity index (χ1n) is 7.56. The van der Waals surface area contributed by atoms with E-state index in [1.807, 2.05) is 37.4 Å². The fourth-order valence-corrected chi connectivity index (χ4v) is 3.03. The Hall–Kier alpha value is -2.74. The molecule has 0 bridgehead atoms. The van der Waals surface area contributed by atoms with Crippen LogP contribution in [-0.2, 0) is 5.54 Å². The summed E-state index contributed by atoms with van der Waals surface area (Å²) < 4.78 is 1.61. The molecule has 24 heavy (non-hydrogen) atoms. The standard InChI is InChI=1S/C16H18N6OS/c1-3-16(2,14-18-8-9-24-14)21-15(23)20-12-10-19-22(11-12)13-6-4-5-7-17-13/h4-11H,3H2,1-2H3,(H2,20,21,23)/t16-/m1/s1. The van der Waals surface area contributed by atoms with Crippen LogP contribution in [0.4, 0.5) is 10.5 Å². The van der Waals surface area contributed by atoms with Crippen LogP contribution in [0, 0.1) is 0 Å². The van der Waals surface area contributed by atoms with E-state index in [0.29, 0.717) is 11.5 Å². The van der Waals surface area contributed by atoms with Gasteiger partial charge in [0.05, 0.1) is 23.6 Å². The number of rotatable bonds is 5. The third kappa shape index (κ3) is 3.43. The zero-order chi connectivity index (χ0) is 17.0. The minimum Gasteiger partial charge on any atom is -0.326 e. The van der Waals surface area contributed by atoms with Crippen molar-refractivity contribution < 1.29 is 4.79 Å². The Morgan fingerprint density at radius 2 is 2.21 bits per heavy atom. The van der Waals surface area contributed by atoms with Crippen molar-refractivity contribution in [1.29, 1.82) is 0 Å². The summed E-state index contributed by atoms with van der Waals surface area (Å²) in [5.41, 5.74) is 0.0886. The SMILES string of the molecule is CC[C@@](C)(NC(=O)Nc1cnn(-c2ccccn2)c1)c1nccs1. The number of anilines is 1. The van der Waals surface area contributed by atoms with E-state index in [9.17, 15) is 4.79 Å². The lowest BCUT2D eigenvalue weighted by Gasteiger charge is -2.27. The number of carbonyl (C=O) groups excluding carboxylic acids is 1. The van der Waals surface area contributed by atoms with E-state index >= 15 is 0 Å². The fourth-order valence-electron chi connectivity index (χ4n) is 2.20. The number of amides is 2. The summed E-state index contributed by atoms with van der Waals surface area (Å²) in [7, 11) is 0. The van der Waals surface area contributed by atoms with E-state index in [1.165, 1.54) is 11.3 Å². The van der Waals surface area contributed by atoms with Crippen LogP contribution in [0.1, 0.15) is 25.3 Å². The Labute approximate surface area is 143 Å². The molecular formula is C16H18N6OS. The molecule has 0 saturated carbocycles. The molecule has 3 rings (SSSR count). The zero-order valence-electron chi connectivity index (χ0n) is 13.4. The van der Waals surface area contributed by atoms with Gasteiger partial charge in [0.15, 0.2) is 5.82 Å². The Morgan fingerprint density at radius 3 is 2.88 bits per heavy atom. The highest BCUT2D eigenvalue weighted by molar-refractivity contribution is 7.09. The Bertz CT molecular complexity index is 801. The zero-order valence-corrected chi connectivity index (χ0v) is 14.2. The molecule has 2 N–H and O–H groups in total. The molecule has 3 aromatic heterocycles. The monoisotopic (exact) mass is 342 g/mol. The molecule has 1 atom stereocenters. The van der Waals surface area contributed by atoms with E-state index < -0.39 is 5.54 Å². The van der Waals surface area contributed by atoms with Crippen molar-refractivity contribution in [2.75, 3.05) is 5.32 Å². The molecular weight excluding hydrogens is 324 g/mol. The average Bonchev–Trinajstić information content (AvgIpc) is 3.27. The van der Waals surface area contributed by atoms with Crippen molar-refractivity contribution >= 4 is 23.1 Å². The molecule has 3 heterocycles. The van der Waals surface area contributed by atoms with Crippen molar-refractivity contribution in [3.63, 3.8) is 0 Å². The van der Waals surface area contributed by atoms with Crippen molar-refractivity contribution in [2.24, 2.45) is 0 Å². The summed E-state index contributed by atoms with van der Waals surface area (Å²) in [6.07, 6.45) is 7.47. The lowest BCUT2D eigenvalue weighted by molar-refractivity contribution is 0.238. The lowest BCUT2D eigenvalue weighted by atomic mass is 10.0. The van der Waals surface area contributed by atoms with Gasteiger partial charge in [-0.3, -0.25) is 0 Å². The van der Waals surface area contributed by atoms with Crippen LogP contribution in [0.15, 0.2) is 48.4 Å². The van der Waals surface area contributed by atoms with Crippen LogP contribution in [0.5, 0.6) is 0 Å². The van der Waals surface area contributed by atoms with Crippen LogP contribution in [0.3, 0.4) is 0 Å². The molecule has 0 aliphatic rings. The molecule has 0 fully saturated rings. The Kier molecular flexibility index (Phi) is 4.57. The van der Waals surface area contributed by atoms with Crippen LogP contribution in [0.2, 0.25) is 0 Å². The highest BCUT2D eigenvalue weighted by Crippen LogP contribution is 2.26. The summed E-state index contributed by atoms with van der Waals surface area (Å²) in [5, 5.41) is 12.8. The summed E-state index contributed by atoms with van der Waals surface area (Å²) in [6.45, 7) is 3.98. The summed E-state index contributed by atoms with van der Waals surface area (Å²) in [4.78, 5) is 20.9. The molecule has 7 nitrogen and oxygen atoms in total. The minimum absolute atomic E-state index is 0.296. The fraction of sp³-hybridized carbons (Fsp3) is 0.250. The van der Waals surface area contributed by atoms with Gasteiger partial charge < -0.3 is 10.6 Å². The maximum Gasteiger partial charge on any atom is 0.320 e. The lowest BCUT2D eigenvalue weighted by Crippen LogP contribution is -2.45. The topological polar surface area (TPSA) is 84.7 Å². The quantitative estimate of drug-likeness (QED) is 0.746. The molecule has 124 valence electrons. The number of carbonyl (C=O) groups is 1. The number of nitrogens with one attached hydrogen (secondary N) is 2. The number of hydrogen-bond donors (Lipinski definition) is 2. The van der Waals surface area contributed by atoms with Crippen molar-refractivity contribution in [3.8, 4) is 5.82 Å². The van der Waals surface area contributed by atoms with E-state index in [-0.39, 0.29) is 6.03 Å². The van der Waals surface area contributed by atoms with Gasteiger partial charge in [-0.15, -0.1) is 11.3 Å². The van der Waals surface area contributed by atoms with Crippen LogP contribution < -0.4 is 10.6 Å². The van der Waals surface area contributed by atoms with Gasteiger partial charge in [0.25, 0.3) is 0 Å². The van der Waals surface area contributed by atoms with E-state index in [4.69, 9.17) is 0 Å². The van der Waals surface area contributed by atoms with Crippen LogP contribution in [-0.4, -0.2) is 25.8 Å². The van der Waals surface area contributed by atoms with Gasteiger partial charge >= 0.3 is 6.03 Å². The number of thiazole rings is 1. The molecule has 8 heteroatoms. The van der Waals surface area contributed by atoms with Crippen LogP contribution in [0.25, 0.3) is 5.82 Å². The maximum absolute atomic E-state index is 12.3. The molecule has 0 unspecified atom stereocenters. The van der Waals surface area contributed by atoms with Crippen molar-refractivity contribution in [1.82, 2.24) is 25.1 Å². The molecule has 0 radical (unpaired) electrons. The number of urea groups is 1.